The second-order valence-corrected chi connectivity index (χ2v) is 14.1. The zero-order chi connectivity index (χ0) is 36.7. The number of rotatable bonds is 12. The summed E-state index contributed by atoms with van der Waals surface area (Å²) in [6.45, 7) is 10.8. The van der Waals surface area contributed by atoms with E-state index in [0.717, 1.165) is 46.3 Å². The van der Waals surface area contributed by atoms with Gasteiger partial charge >= 0.3 is 6.09 Å². The molecular weight excluding hydrogens is 668 g/mol. The van der Waals surface area contributed by atoms with Gasteiger partial charge < -0.3 is 30.7 Å². The molecule has 2 aromatic heterocycles. The molecule has 1 fully saturated rings. The normalized spacial score (nSPS) is 14.3. The molecule has 0 spiro atoms. The maximum atomic E-state index is 13.3. The molecule has 1 aliphatic heterocycles. The van der Waals surface area contributed by atoms with Crippen LogP contribution in [0.15, 0.2) is 67.0 Å². The topological polar surface area (TPSA) is 146 Å². The maximum Gasteiger partial charge on any atom is 0.410 e. The number of nitrogens with one attached hydrogen (secondary N) is 3. The minimum absolute atomic E-state index is 0.101. The Kier molecular flexibility index (Phi) is 12.1. The van der Waals surface area contributed by atoms with E-state index >= 15 is 0 Å². The van der Waals surface area contributed by atoms with Gasteiger partial charge in [0.15, 0.2) is 0 Å². The summed E-state index contributed by atoms with van der Waals surface area (Å²) in [6.07, 6.45) is 4.17. The van der Waals surface area contributed by atoms with Gasteiger partial charge in [0.1, 0.15) is 11.3 Å². The van der Waals surface area contributed by atoms with Crippen molar-refractivity contribution in [1.82, 2.24) is 25.5 Å². The number of nitrogens with zero attached hydrogens (tertiary/aromatic N) is 3. The molecular formula is C39H45ClN6O5. The Morgan fingerprint density at radius 3 is 2.55 bits per heavy atom. The number of aromatic nitrogens is 2. The molecule has 0 radical (unpaired) electrons. The van der Waals surface area contributed by atoms with Crippen LogP contribution in [-0.4, -0.2) is 69.2 Å². The van der Waals surface area contributed by atoms with Crippen LogP contribution < -0.4 is 16.0 Å². The third-order valence-electron chi connectivity index (χ3n) is 8.62. The summed E-state index contributed by atoms with van der Waals surface area (Å²) in [7, 11) is 0. The highest BCUT2D eigenvalue weighted by atomic mass is 35.5. The molecule has 3 heterocycles. The highest BCUT2D eigenvalue weighted by molar-refractivity contribution is 6.35. The van der Waals surface area contributed by atoms with Crippen LogP contribution in [0.25, 0.3) is 22.4 Å². The van der Waals surface area contributed by atoms with Crippen LogP contribution in [0, 0.1) is 13.8 Å². The van der Waals surface area contributed by atoms with Gasteiger partial charge in [-0.2, -0.15) is 0 Å². The molecule has 2 aromatic carbocycles. The molecule has 4 aromatic rings. The van der Waals surface area contributed by atoms with Gasteiger partial charge in [-0.1, -0.05) is 41.9 Å². The quantitative estimate of drug-likeness (QED) is 0.132. The van der Waals surface area contributed by atoms with Crippen molar-refractivity contribution < 1.29 is 24.2 Å². The van der Waals surface area contributed by atoms with Gasteiger partial charge in [0.25, 0.3) is 5.91 Å². The van der Waals surface area contributed by atoms with Gasteiger partial charge in [-0.3, -0.25) is 19.6 Å². The van der Waals surface area contributed by atoms with E-state index in [9.17, 15) is 19.5 Å². The lowest BCUT2D eigenvalue weighted by Gasteiger charge is -2.27. The summed E-state index contributed by atoms with van der Waals surface area (Å²) in [5, 5.41) is 19.4. The van der Waals surface area contributed by atoms with E-state index in [4.69, 9.17) is 16.3 Å². The van der Waals surface area contributed by atoms with E-state index in [1.807, 2.05) is 37.3 Å². The van der Waals surface area contributed by atoms with Crippen LogP contribution in [0.2, 0.25) is 5.02 Å². The minimum Gasteiger partial charge on any atom is -0.444 e. The highest BCUT2D eigenvalue weighted by Gasteiger charge is 2.23. The zero-order valence-electron chi connectivity index (χ0n) is 29.7. The number of amides is 3. The molecule has 5 rings (SSSR count). The lowest BCUT2D eigenvalue weighted by atomic mass is 9.97. The second kappa shape index (κ2) is 16.5. The summed E-state index contributed by atoms with van der Waals surface area (Å²) >= 11 is 7.03. The fourth-order valence-corrected chi connectivity index (χ4v) is 6.23. The summed E-state index contributed by atoms with van der Waals surface area (Å²) in [6, 6.07) is 17.2. The number of hydrogen-bond donors (Lipinski definition) is 4. The van der Waals surface area contributed by atoms with Crippen LogP contribution in [0.3, 0.4) is 0 Å². The first-order valence-corrected chi connectivity index (χ1v) is 17.4. The third kappa shape index (κ3) is 9.69. The Hall–Kier alpha value is -4.84. The number of hydrogen-bond acceptors (Lipinski definition) is 8. The molecule has 4 N–H and O–H groups in total. The molecule has 0 unspecified atom stereocenters. The number of carbonyl (C=O) groups excluding carboxylic acids is 3. The van der Waals surface area contributed by atoms with Crippen molar-refractivity contribution in [3.8, 4) is 22.4 Å². The monoisotopic (exact) mass is 712 g/mol. The van der Waals surface area contributed by atoms with Crippen LogP contribution >= 0.6 is 11.6 Å². The predicted octanol–water partition coefficient (Wildman–Crippen LogP) is 6.43. The third-order valence-corrected chi connectivity index (χ3v) is 9.00. The summed E-state index contributed by atoms with van der Waals surface area (Å²) < 4.78 is 5.45. The van der Waals surface area contributed by atoms with Gasteiger partial charge in [0.05, 0.1) is 23.9 Å². The number of aryl methyl sites for hydroxylation is 1. The first-order valence-electron chi connectivity index (χ1n) is 17.0. The number of anilines is 1. The van der Waals surface area contributed by atoms with E-state index in [0.29, 0.717) is 34.9 Å². The lowest BCUT2D eigenvalue weighted by molar-refractivity contribution is -0.119. The van der Waals surface area contributed by atoms with Crippen molar-refractivity contribution in [1.29, 1.82) is 0 Å². The summed E-state index contributed by atoms with van der Waals surface area (Å²) in [5.41, 5.74) is 7.12. The number of aliphatic hydroxyl groups is 1. The molecule has 268 valence electrons. The first-order chi connectivity index (χ1) is 24.3. The Morgan fingerprint density at radius 2 is 1.88 bits per heavy atom. The van der Waals surface area contributed by atoms with Crippen LogP contribution in [0.5, 0.6) is 0 Å². The van der Waals surface area contributed by atoms with Gasteiger partial charge in [-0.25, -0.2) is 4.79 Å². The highest BCUT2D eigenvalue weighted by Crippen LogP contribution is 2.38. The van der Waals surface area contributed by atoms with E-state index < -0.39 is 11.7 Å². The molecule has 1 saturated heterocycles. The lowest BCUT2D eigenvalue weighted by Crippen LogP contribution is -2.38. The van der Waals surface area contributed by atoms with Crippen molar-refractivity contribution in [2.75, 3.05) is 25.0 Å². The van der Waals surface area contributed by atoms with Gasteiger partial charge in [-0.15, -0.1) is 0 Å². The van der Waals surface area contributed by atoms with Crippen molar-refractivity contribution in [2.24, 2.45) is 0 Å². The number of halogens is 1. The SMILES string of the molecule is Cc1cc(-c2nccc(-c3cccc(NC(=O)c4ccc(CN(CCO)C(=O)OC(C)(C)C)cn4)c3C)c2Cl)ccc1CNC[C@@H]1CCC(=O)N1. The second-order valence-electron chi connectivity index (χ2n) is 13.7. The molecule has 0 saturated carbocycles. The fourth-order valence-electron chi connectivity index (χ4n) is 5.91. The Morgan fingerprint density at radius 1 is 1.08 bits per heavy atom. The molecule has 0 bridgehead atoms. The van der Waals surface area contributed by atoms with E-state index in [-0.39, 0.29) is 43.2 Å². The molecule has 0 aliphatic carbocycles. The number of benzene rings is 2. The van der Waals surface area contributed by atoms with E-state index in [1.165, 1.54) is 11.1 Å². The van der Waals surface area contributed by atoms with Crippen LogP contribution in [0.1, 0.15) is 66.4 Å². The predicted molar refractivity (Wildman–Crippen MR) is 198 cm³/mol. The molecule has 3 amide bonds. The first kappa shape index (κ1) is 37.4. The molecule has 12 heteroatoms. The maximum absolute atomic E-state index is 13.3. The number of ether oxygens (including phenoxy) is 1. The smallest absolute Gasteiger partial charge is 0.410 e. The minimum atomic E-state index is -0.673. The number of carbonyl (C=O) groups is 3. The van der Waals surface area contributed by atoms with Gasteiger partial charge in [-0.05, 0) is 93.1 Å². The van der Waals surface area contributed by atoms with Crippen LogP contribution in [0.4, 0.5) is 10.5 Å². The van der Waals surface area contributed by atoms with Crippen LogP contribution in [-0.2, 0) is 22.6 Å². The molecule has 51 heavy (non-hydrogen) atoms. The number of aliphatic hydroxyl groups excluding tert-OH is 1. The number of pyridine rings is 2. The van der Waals surface area contributed by atoms with E-state index in [1.54, 1.807) is 39.1 Å². The van der Waals surface area contributed by atoms with Crippen molar-refractivity contribution in [2.45, 2.75) is 72.2 Å². The summed E-state index contributed by atoms with van der Waals surface area (Å²) in [5.74, 6) is -0.275. The fraction of sp³-hybridized carbons (Fsp3) is 0.359. The van der Waals surface area contributed by atoms with Gasteiger partial charge in [0.2, 0.25) is 5.91 Å². The zero-order valence-corrected chi connectivity index (χ0v) is 30.4. The molecule has 1 atom stereocenters. The van der Waals surface area contributed by atoms with Crippen molar-refractivity contribution in [3.05, 3.63) is 100.0 Å². The average Bonchev–Trinajstić information content (AvgIpc) is 3.50. The van der Waals surface area contributed by atoms with Crippen molar-refractivity contribution >= 4 is 35.2 Å². The molecule has 1 aliphatic rings. The largest absolute Gasteiger partial charge is 0.444 e. The van der Waals surface area contributed by atoms with E-state index in [2.05, 4.69) is 45.0 Å². The average molecular weight is 713 g/mol. The standard InChI is InChI=1S/C39H45ClN6O5/c1-24-19-27(10-11-28(24)21-41-22-29-12-14-34(48)44-29)36-35(40)31(15-16-42-36)30-7-6-8-32(25(30)2)45-37(49)33-13-9-26(20-43-33)23-46(17-18-47)38(50)51-39(3,4)5/h6-11,13,15-16,19-20,29,41,47H,12,14,17-18,21-23H2,1-5H3,(H,44,48)(H,45,49)/t29-/m0/s1. The van der Waals surface area contributed by atoms with Gasteiger partial charge in [0, 0.05) is 61.3 Å². The Labute approximate surface area is 303 Å². The summed E-state index contributed by atoms with van der Waals surface area (Å²) in [4.78, 5) is 47.7. The van der Waals surface area contributed by atoms with Crippen molar-refractivity contribution in [3.63, 3.8) is 0 Å². The Balaban J connectivity index is 1.27. The molecule has 11 nitrogen and oxygen atoms in total. The Bertz CT molecular complexity index is 1890.